The number of rotatable bonds is 7. The van der Waals surface area contributed by atoms with Crippen molar-refractivity contribution in [3.05, 3.63) is 24.1 Å². The summed E-state index contributed by atoms with van der Waals surface area (Å²) in [7, 11) is 3.09. The van der Waals surface area contributed by atoms with Crippen molar-refractivity contribution < 1.29 is 23.6 Å². The van der Waals surface area contributed by atoms with Gasteiger partial charge in [-0.2, -0.15) is 4.98 Å². The second-order valence-corrected chi connectivity index (χ2v) is 7.33. The number of hydrogen-bond acceptors (Lipinski definition) is 7. The first-order chi connectivity index (χ1) is 13.3. The standard InChI is InChI=1S/C19H24N4O5/c1-11(2)9-19(3)17(24)23(18(25)21-19)10-15-20-16(22-28-15)12-6-7-13(26-4)14(8-12)27-5/h6-8,11H,9-10H2,1-5H3,(H,21,25). The highest BCUT2D eigenvalue weighted by molar-refractivity contribution is 6.06. The quantitative estimate of drug-likeness (QED) is 0.727. The van der Waals surface area contributed by atoms with Crippen LogP contribution in [-0.4, -0.2) is 46.7 Å². The summed E-state index contributed by atoms with van der Waals surface area (Å²) in [5.41, 5.74) is -0.258. The van der Waals surface area contributed by atoms with Gasteiger partial charge in [0.05, 0.1) is 14.2 Å². The molecule has 1 atom stereocenters. The highest BCUT2D eigenvalue weighted by atomic mass is 16.5. The van der Waals surface area contributed by atoms with Gasteiger partial charge in [0.1, 0.15) is 12.1 Å². The number of ether oxygens (including phenoxy) is 2. The van der Waals surface area contributed by atoms with E-state index in [2.05, 4.69) is 15.5 Å². The van der Waals surface area contributed by atoms with E-state index in [1.807, 2.05) is 13.8 Å². The van der Waals surface area contributed by atoms with Gasteiger partial charge in [0.15, 0.2) is 11.5 Å². The monoisotopic (exact) mass is 388 g/mol. The molecule has 1 aromatic heterocycles. The van der Waals surface area contributed by atoms with Crippen LogP contribution in [0.25, 0.3) is 11.4 Å². The summed E-state index contributed by atoms with van der Waals surface area (Å²) in [6.07, 6.45) is 0.550. The van der Waals surface area contributed by atoms with Gasteiger partial charge in [-0.25, -0.2) is 4.79 Å². The number of amides is 3. The summed E-state index contributed by atoms with van der Waals surface area (Å²) in [6, 6.07) is 4.77. The molecule has 150 valence electrons. The first-order valence-corrected chi connectivity index (χ1v) is 8.96. The lowest BCUT2D eigenvalue weighted by Crippen LogP contribution is -2.44. The predicted molar refractivity (Wildman–Crippen MR) is 99.8 cm³/mol. The second kappa shape index (κ2) is 7.49. The van der Waals surface area contributed by atoms with E-state index in [9.17, 15) is 9.59 Å². The van der Waals surface area contributed by atoms with Crippen LogP contribution in [-0.2, 0) is 11.3 Å². The minimum Gasteiger partial charge on any atom is -0.493 e. The van der Waals surface area contributed by atoms with Crippen LogP contribution >= 0.6 is 0 Å². The molecular weight excluding hydrogens is 364 g/mol. The molecule has 0 aliphatic carbocycles. The van der Waals surface area contributed by atoms with Gasteiger partial charge in [0.2, 0.25) is 11.7 Å². The Balaban J connectivity index is 1.78. The highest BCUT2D eigenvalue weighted by Gasteiger charge is 2.48. The highest BCUT2D eigenvalue weighted by Crippen LogP contribution is 2.31. The zero-order valence-electron chi connectivity index (χ0n) is 16.6. The van der Waals surface area contributed by atoms with Gasteiger partial charge in [-0.15, -0.1) is 0 Å². The third-order valence-electron chi connectivity index (χ3n) is 4.56. The topological polar surface area (TPSA) is 107 Å². The van der Waals surface area contributed by atoms with Crippen molar-refractivity contribution in [1.29, 1.82) is 0 Å². The molecule has 9 nitrogen and oxygen atoms in total. The summed E-state index contributed by atoms with van der Waals surface area (Å²) in [4.78, 5) is 30.4. The Labute approximate surface area is 163 Å². The molecule has 2 aromatic rings. The van der Waals surface area contributed by atoms with Gasteiger partial charge in [-0.1, -0.05) is 19.0 Å². The third kappa shape index (κ3) is 3.64. The number of carbonyl (C=O) groups is 2. The molecule has 0 bridgehead atoms. The summed E-state index contributed by atoms with van der Waals surface area (Å²) in [5.74, 6) is 1.57. The molecular formula is C19H24N4O5. The first-order valence-electron chi connectivity index (χ1n) is 8.96. The Hall–Kier alpha value is -3.10. The number of methoxy groups -OCH3 is 2. The number of hydrogen-bond donors (Lipinski definition) is 1. The smallest absolute Gasteiger partial charge is 0.325 e. The van der Waals surface area contributed by atoms with Crippen molar-refractivity contribution in [1.82, 2.24) is 20.4 Å². The summed E-state index contributed by atoms with van der Waals surface area (Å²) >= 11 is 0. The van der Waals surface area contributed by atoms with E-state index in [-0.39, 0.29) is 24.3 Å². The fourth-order valence-corrected chi connectivity index (χ4v) is 3.39. The van der Waals surface area contributed by atoms with Crippen molar-refractivity contribution in [2.45, 2.75) is 39.3 Å². The van der Waals surface area contributed by atoms with E-state index in [4.69, 9.17) is 14.0 Å². The van der Waals surface area contributed by atoms with Gasteiger partial charge < -0.3 is 19.3 Å². The van der Waals surface area contributed by atoms with Crippen molar-refractivity contribution in [3.63, 3.8) is 0 Å². The Kier molecular flexibility index (Phi) is 5.26. The van der Waals surface area contributed by atoms with Crippen molar-refractivity contribution in [2.24, 2.45) is 5.92 Å². The van der Waals surface area contributed by atoms with Crippen LogP contribution in [0, 0.1) is 5.92 Å². The van der Waals surface area contributed by atoms with Gasteiger partial charge in [0.25, 0.3) is 5.91 Å². The summed E-state index contributed by atoms with van der Waals surface area (Å²) in [5, 5.41) is 6.71. The molecule has 1 aliphatic rings. The van der Waals surface area contributed by atoms with Crippen LogP contribution in [0.15, 0.2) is 22.7 Å². The fraction of sp³-hybridized carbons (Fsp3) is 0.474. The average molecular weight is 388 g/mol. The molecule has 0 saturated carbocycles. The lowest BCUT2D eigenvalue weighted by Gasteiger charge is -2.23. The largest absolute Gasteiger partial charge is 0.493 e. The van der Waals surface area contributed by atoms with Crippen LogP contribution in [0.1, 0.15) is 33.1 Å². The number of imide groups is 1. The molecule has 0 radical (unpaired) electrons. The van der Waals surface area contributed by atoms with Crippen molar-refractivity contribution in [3.8, 4) is 22.9 Å². The zero-order valence-corrected chi connectivity index (χ0v) is 16.6. The number of urea groups is 1. The Morgan fingerprint density at radius 1 is 1.21 bits per heavy atom. The first kappa shape index (κ1) is 19.7. The van der Waals surface area contributed by atoms with Crippen molar-refractivity contribution >= 4 is 11.9 Å². The van der Waals surface area contributed by atoms with E-state index >= 15 is 0 Å². The van der Waals surface area contributed by atoms with Crippen LogP contribution in [0.4, 0.5) is 4.79 Å². The van der Waals surface area contributed by atoms with E-state index < -0.39 is 11.6 Å². The molecule has 3 amide bonds. The Morgan fingerprint density at radius 2 is 1.93 bits per heavy atom. The zero-order chi connectivity index (χ0) is 20.5. The average Bonchev–Trinajstić information content (AvgIpc) is 3.19. The Bertz CT molecular complexity index is 894. The molecule has 1 saturated heterocycles. The summed E-state index contributed by atoms with van der Waals surface area (Å²) in [6.45, 7) is 5.65. The van der Waals surface area contributed by atoms with Gasteiger partial charge >= 0.3 is 6.03 Å². The van der Waals surface area contributed by atoms with Crippen LogP contribution < -0.4 is 14.8 Å². The van der Waals surface area contributed by atoms with E-state index in [1.54, 1.807) is 32.2 Å². The normalized spacial score (nSPS) is 19.3. The molecule has 28 heavy (non-hydrogen) atoms. The molecule has 1 aromatic carbocycles. The predicted octanol–water partition coefficient (Wildman–Crippen LogP) is 2.61. The molecule has 1 N–H and O–H groups in total. The number of nitrogens with zero attached hydrogens (tertiary/aromatic N) is 3. The number of aromatic nitrogens is 2. The fourth-order valence-electron chi connectivity index (χ4n) is 3.39. The van der Waals surface area contributed by atoms with E-state index in [0.29, 0.717) is 29.3 Å². The molecule has 2 heterocycles. The molecule has 9 heteroatoms. The molecule has 1 aliphatic heterocycles. The molecule has 1 unspecified atom stereocenters. The molecule has 0 spiro atoms. The van der Waals surface area contributed by atoms with Crippen molar-refractivity contribution in [2.75, 3.05) is 14.2 Å². The maximum Gasteiger partial charge on any atom is 0.325 e. The van der Waals surface area contributed by atoms with Crippen LogP contribution in [0.3, 0.4) is 0 Å². The van der Waals surface area contributed by atoms with Gasteiger partial charge in [-0.3, -0.25) is 9.69 Å². The minimum absolute atomic E-state index is 0.0847. The molecule has 1 fully saturated rings. The van der Waals surface area contributed by atoms with Gasteiger partial charge in [0, 0.05) is 5.56 Å². The lowest BCUT2D eigenvalue weighted by molar-refractivity contribution is -0.131. The third-order valence-corrected chi connectivity index (χ3v) is 4.56. The van der Waals surface area contributed by atoms with Crippen LogP contribution in [0.5, 0.6) is 11.5 Å². The number of carbonyl (C=O) groups excluding carboxylic acids is 2. The maximum atomic E-state index is 12.7. The van der Waals surface area contributed by atoms with E-state index in [0.717, 1.165) is 4.90 Å². The number of benzene rings is 1. The summed E-state index contributed by atoms with van der Waals surface area (Å²) < 4.78 is 15.7. The molecule has 3 rings (SSSR count). The Morgan fingerprint density at radius 3 is 2.57 bits per heavy atom. The minimum atomic E-state index is -0.919. The lowest BCUT2D eigenvalue weighted by atomic mass is 9.91. The SMILES string of the molecule is COc1ccc(-c2noc(CN3C(=O)NC(C)(CC(C)C)C3=O)n2)cc1OC. The van der Waals surface area contributed by atoms with E-state index in [1.165, 1.54) is 7.11 Å². The van der Waals surface area contributed by atoms with Gasteiger partial charge in [-0.05, 0) is 37.5 Å². The van der Waals surface area contributed by atoms with Crippen LogP contribution in [0.2, 0.25) is 0 Å². The number of nitrogens with one attached hydrogen (secondary N) is 1. The second-order valence-electron chi connectivity index (χ2n) is 7.33. The maximum absolute atomic E-state index is 12.7.